The Bertz CT molecular complexity index is 426. The molecule has 0 aliphatic carbocycles. The number of aromatic nitrogens is 2. The molecule has 1 rings (SSSR count). The lowest BCUT2D eigenvalue weighted by atomic mass is 10.3. The molecule has 1 aromatic heterocycles. The number of amides is 1. The fourth-order valence-electron chi connectivity index (χ4n) is 1.18. The molecule has 1 amide bonds. The summed E-state index contributed by atoms with van der Waals surface area (Å²) in [4.78, 5) is 11.6. The predicted molar refractivity (Wildman–Crippen MR) is 71.3 cm³/mol. The van der Waals surface area contributed by atoms with Crippen LogP contribution in [0.15, 0.2) is 12.3 Å². The minimum Gasteiger partial charge on any atom is -0.389 e. The molecule has 0 atom stereocenters. The SMILES string of the molecule is COCCNC(=O)CNc1nnccc1C(N)=S. The summed E-state index contributed by atoms with van der Waals surface area (Å²) in [7, 11) is 1.57. The first kappa shape index (κ1) is 14.3. The number of thiocarbonyl (C=S) groups is 1. The molecule has 8 heteroatoms. The van der Waals surface area contributed by atoms with Gasteiger partial charge in [-0.1, -0.05) is 12.2 Å². The van der Waals surface area contributed by atoms with Crippen molar-refractivity contribution in [3.05, 3.63) is 17.8 Å². The molecule has 4 N–H and O–H groups in total. The number of carbonyl (C=O) groups is 1. The summed E-state index contributed by atoms with van der Waals surface area (Å²) < 4.78 is 4.81. The van der Waals surface area contributed by atoms with E-state index in [1.165, 1.54) is 6.20 Å². The van der Waals surface area contributed by atoms with Crippen molar-refractivity contribution in [2.75, 3.05) is 32.1 Å². The molecule has 0 spiro atoms. The Morgan fingerprint density at radius 1 is 1.61 bits per heavy atom. The summed E-state index contributed by atoms with van der Waals surface area (Å²) in [5, 5.41) is 13.0. The summed E-state index contributed by atoms with van der Waals surface area (Å²) >= 11 is 4.87. The van der Waals surface area contributed by atoms with Crippen LogP contribution in [0.25, 0.3) is 0 Å². The van der Waals surface area contributed by atoms with E-state index in [9.17, 15) is 4.79 Å². The Morgan fingerprint density at radius 2 is 2.39 bits per heavy atom. The maximum Gasteiger partial charge on any atom is 0.239 e. The van der Waals surface area contributed by atoms with Crippen LogP contribution in [0.1, 0.15) is 5.56 Å². The molecule has 1 aromatic rings. The third-order valence-electron chi connectivity index (χ3n) is 2.03. The number of hydrogen-bond acceptors (Lipinski definition) is 6. The Kier molecular flexibility index (Phi) is 5.95. The Morgan fingerprint density at radius 3 is 3.06 bits per heavy atom. The zero-order chi connectivity index (χ0) is 13.4. The first-order valence-electron chi connectivity index (χ1n) is 5.26. The van der Waals surface area contributed by atoms with Gasteiger partial charge in [-0.15, -0.1) is 5.10 Å². The topological polar surface area (TPSA) is 102 Å². The molecule has 0 aliphatic heterocycles. The van der Waals surface area contributed by atoms with Crippen molar-refractivity contribution in [1.29, 1.82) is 0 Å². The Balaban J connectivity index is 2.48. The van der Waals surface area contributed by atoms with E-state index >= 15 is 0 Å². The molecule has 18 heavy (non-hydrogen) atoms. The lowest BCUT2D eigenvalue weighted by Gasteiger charge is -2.09. The molecular weight excluding hydrogens is 254 g/mol. The molecule has 98 valence electrons. The van der Waals surface area contributed by atoms with Crippen molar-refractivity contribution >= 4 is 28.9 Å². The van der Waals surface area contributed by atoms with E-state index in [1.54, 1.807) is 13.2 Å². The van der Waals surface area contributed by atoms with Gasteiger partial charge in [0.25, 0.3) is 0 Å². The summed E-state index contributed by atoms with van der Waals surface area (Å²) in [6.45, 7) is 0.993. The number of nitrogens with one attached hydrogen (secondary N) is 2. The van der Waals surface area contributed by atoms with Crippen LogP contribution in [0.3, 0.4) is 0 Å². The van der Waals surface area contributed by atoms with E-state index in [0.29, 0.717) is 24.5 Å². The number of nitrogens with two attached hydrogens (primary N) is 1. The molecule has 0 bridgehead atoms. The van der Waals surface area contributed by atoms with Crippen molar-refractivity contribution in [3.63, 3.8) is 0 Å². The van der Waals surface area contributed by atoms with Gasteiger partial charge in [0.05, 0.1) is 24.9 Å². The van der Waals surface area contributed by atoms with Gasteiger partial charge >= 0.3 is 0 Å². The van der Waals surface area contributed by atoms with Gasteiger partial charge in [0.1, 0.15) is 4.99 Å². The molecule has 0 saturated heterocycles. The Hall–Kier alpha value is -1.80. The van der Waals surface area contributed by atoms with Crippen molar-refractivity contribution in [2.24, 2.45) is 5.73 Å². The number of methoxy groups -OCH3 is 1. The van der Waals surface area contributed by atoms with Gasteiger partial charge in [-0.05, 0) is 6.07 Å². The number of rotatable bonds is 7. The van der Waals surface area contributed by atoms with Crippen LogP contribution in [-0.4, -0.2) is 47.9 Å². The van der Waals surface area contributed by atoms with Crippen LogP contribution in [0.4, 0.5) is 5.82 Å². The molecule has 0 radical (unpaired) electrons. The molecule has 0 fully saturated rings. The average Bonchev–Trinajstić information content (AvgIpc) is 2.37. The van der Waals surface area contributed by atoms with Crippen LogP contribution in [-0.2, 0) is 9.53 Å². The number of ether oxygens (including phenoxy) is 1. The lowest BCUT2D eigenvalue weighted by Crippen LogP contribution is -2.32. The zero-order valence-corrected chi connectivity index (χ0v) is 10.8. The van der Waals surface area contributed by atoms with Gasteiger partial charge in [-0.2, -0.15) is 5.10 Å². The molecule has 0 saturated carbocycles. The van der Waals surface area contributed by atoms with Crippen molar-refractivity contribution < 1.29 is 9.53 Å². The molecule has 0 aliphatic rings. The zero-order valence-electron chi connectivity index (χ0n) is 9.97. The number of carbonyl (C=O) groups excluding carboxylic acids is 1. The minimum absolute atomic E-state index is 0.0675. The minimum atomic E-state index is -0.174. The first-order chi connectivity index (χ1) is 8.65. The summed E-state index contributed by atoms with van der Waals surface area (Å²) in [6, 6.07) is 1.64. The number of anilines is 1. The summed E-state index contributed by atoms with van der Waals surface area (Å²) in [5.41, 5.74) is 6.09. The largest absolute Gasteiger partial charge is 0.389 e. The van der Waals surface area contributed by atoms with Gasteiger partial charge in [0.2, 0.25) is 5.91 Å². The molecule has 7 nitrogen and oxygen atoms in total. The second-order valence-corrected chi connectivity index (χ2v) is 3.79. The third-order valence-corrected chi connectivity index (χ3v) is 2.25. The van der Waals surface area contributed by atoms with Crippen LogP contribution in [0, 0.1) is 0 Å². The van der Waals surface area contributed by atoms with Gasteiger partial charge in [-0.25, -0.2) is 0 Å². The fraction of sp³-hybridized carbons (Fsp3) is 0.400. The van der Waals surface area contributed by atoms with Crippen molar-refractivity contribution in [3.8, 4) is 0 Å². The number of nitrogens with zero attached hydrogens (tertiary/aromatic N) is 2. The second kappa shape index (κ2) is 7.51. The first-order valence-corrected chi connectivity index (χ1v) is 5.67. The maximum absolute atomic E-state index is 11.4. The van der Waals surface area contributed by atoms with E-state index in [2.05, 4.69) is 20.8 Å². The highest BCUT2D eigenvalue weighted by Gasteiger charge is 2.08. The highest BCUT2D eigenvalue weighted by molar-refractivity contribution is 7.80. The van der Waals surface area contributed by atoms with E-state index < -0.39 is 0 Å². The quantitative estimate of drug-likeness (QED) is 0.443. The van der Waals surface area contributed by atoms with Gasteiger partial charge < -0.3 is 21.1 Å². The number of hydrogen-bond donors (Lipinski definition) is 3. The molecular formula is C10H15N5O2S. The molecule has 0 unspecified atom stereocenters. The lowest BCUT2D eigenvalue weighted by molar-refractivity contribution is -0.119. The van der Waals surface area contributed by atoms with Crippen LogP contribution in [0.2, 0.25) is 0 Å². The van der Waals surface area contributed by atoms with Gasteiger partial charge in [0.15, 0.2) is 5.82 Å². The summed E-state index contributed by atoms with van der Waals surface area (Å²) in [5.74, 6) is 0.221. The standard InChI is InChI=1S/C10H15N5O2S/c1-17-5-4-12-8(16)6-13-10-7(9(11)18)2-3-14-15-10/h2-3H,4-6H2,1H3,(H2,11,18)(H,12,16)(H,13,15). The molecule has 0 aromatic carbocycles. The van der Waals surface area contributed by atoms with Gasteiger partial charge in [0, 0.05) is 13.7 Å². The van der Waals surface area contributed by atoms with Crippen LogP contribution >= 0.6 is 12.2 Å². The fourth-order valence-corrected chi connectivity index (χ4v) is 1.34. The molecule has 1 heterocycles. The smallest absolute Gasteiger partial charge is 0.239 e. The highest BCUT2D eigenvalue weighted by Crippen LogP contribution is 2.08. The van der Waals surface area contributed by atoms with Gasteiger partial charge in [-0.3, -0.25) is 4.79 Å². The van der Waals surface area contributed by atoms with Crippen molar-refractivity contribution in [2.45, 2.75) is 0 Å². The third kappa shape index (κ3) is 4.60. The average molecular weight is 269 g/mol. The van der Waals surface area contributed by atoms with Crippen molar-refractivity contribution in [1.82, 2.24) is 15.5 Å². The van der Waals surface area contributed by atoms with E-state index in [1.807, 2.05) is 0 Å². The monoisotopic (exact) mass is 269 g/mol. The Labute approximate surface area is 110 Å². The highest BCUT2D eigenvalue weighted by atomic mass is 32.1. The van der Waals surface area contributed by atoms with E-state index in [4.69, 9.17) is 22.7 Å². The van der Waals surface area contributed by atoms with Crippen LogP contribution in [0.5, 0.6) is 0 Å². The van der Waals surface area contributed by atoms with Crippen LogP contribution < -0.4 is 16.4 Å². The van der Waals surface area contributed by atoms with E-state index in [0.717, 1.165) is 0 Å². The predicted octanol–water partition coefficient (Wildman–Crippen LogP) is -0.715. The van der Waals surface area contributed by atoms with E-state index in [-0.39, 0.29) is 17.4 Å². The second-order valence-electron chi connectivity index (χ2n) is 3.35. The summed E-state index contributed by atoms with van der Waals surface area (Å²) in [6.07, 6.45) is 1.48. The normalized spacial score (nSPS) is 9.83. The maximum atomic E-state index is 11.4.